The third kappa shape index (κ3) is 3.15. The first kappa shape index (κ1) is 22.6. The van der Waals surface area contributed by atoms with Crippen LogP contribution in [0.1, 0.15) is 0 Å². The van der Waals surface area contributed by atoms with Gasteiger partial charge in [-0.15, -0.1) is 0 Å². The maximum absolute atomic E-state index is 4.55. The van der Waals surface area contributed by atoms with Gasteiger partial charge in [0.05, 0.1) is 27.6 Å². The van der Waals surface area contributed by atoms with Crippen LogP contribution in [0.4, 0.5) is 0 Å². The molecule has 0 aliphatic heterocycles. The molecule has 0 unspecified atom stereocenters. The predicted molar refractivity (Wildman–Crippen MR) is 169 cm³/mol. The van der Waals surface area contributed by atoms with E-state index in [4.69, 9.17) is 0 Å². The van der Waals surface area contributed by atoms with Crippen LogP contribution in [-0.4, -0.2) is 14.0 Å². The van der Waals surface area contributed by atoms with E-state index in [-0.39, 0.29) is 0 Å². The third-order valence-electron chi connectivity index (χ3n) is 8.05. The number of fused-ring (bicyclic) bond motifs is 8. The van der Waals surface area contributed by atoms with Crippen LogP contribution >= 0.6 is 0 Å². The second-order valence-electron chi connectivity index (χ2n) is 10.2. The predicted octanol–water partition coefficient (Wildman–Crippen LogP) is 7.78. The normalized spacial score (nSPS) is 12.3. The Balaban J connectivity index is 1.56. The molecule has 0 bridgehead atoms. The molecule has 8 aromatic rings. The molecule has 8 rings (SSSR count). The SMILES string of the molecule is C=C/C=c1\c(=C)c2cc3ccccc3n2c2cc3c4ccccc4n(-c4cccc(-c5cccnc5)c4)c3cc12. The van der Waals surface area contributed by atoms with E-state index in [2.05, 4.69) is 130 Å². The molecule has 0 aliphatic carbocycles. The van der Waals surface area contributed by atoms with Gasteiger partial charge in [0.25, 0.3) is 0 Å². The molecule has 0 saturated heterocycles. The monoisotopic (exact) mass is 511 g/mol. The van der Waals surface area contributed by atoms with E-state index in [1.54, 1.807) is 0 Å². The van der Waals surface area contributed by atoms with Crippen molar-refractivity contribution in [3.05, 3.63) is 139 Å². The molecule has 0 fully saturated rings. The fraction of sp³-hybridized carbons (Fsp3) is 0. The fourth-order valence-corrected chi connectivity index (χ4v) is 6.29. The molecule has 0 aliphatic rings. The lowest BCUT2D eigenvalue weighted by Gasteiger charge is -2.12. The van der Waals surface area contributed by atoms with Crippen LogP contribution in [0.2, 0.25) is 0 Å². The number of para-hydroxylation sites is 2. The highest BCUT2D eigenvalue weighted by Crippen LogP contribution is 2.36. The molecule has 4 heterocycles. The number of hydrogen-bond donors (Lipinski definition) is 0. The first-order chi connectivity index (χ1) is 19.7. The van der Waals surface area contributed by atoms with Gasteiger partial charge in [-0.2, -0.15) is 0 Å². The summed E-state index contributed by atoms with van der Waals surface area (Å²) in [6.45, 7) is 8.58. The molecule has 40 heavy (non-hydrogen) atoms. The maximum atomic E-state index is 4.55. The van der Waals surface area contributed by atoms with Crippen molar-refractivity contribution in [1.82, 2.24) is 14.0 Å². The Labute approximate surface area is 230 Å². The molecular formula is C37H25N3. The van der Waals surface area contributed by atoms with Crippen molar-refractivity contribution in [2.45, 2.75) is 0 Å². The minimum Gasteiger partial charge on any atom is -0.309 e. The third-order valence-corrected chi connectivity index (χ3v) is 8.05. The molecule has 0 radical (unpaired) electrons. The molecule has 0 saturated carbocycles. The van der Waals surface area contributed by atoms with Crippen molar-refractivity contribution in [3.63, 3.8) is 0 Å². The van der Waals surface area contributed by atoms with E-state index >= 15 is 0 Å². The highest BCUT2D eigenvalue weighted by Gasteiger charge is 2.17. The molecular weight excluding hydrogens is 486 g/mol. The highest BCUT2D eigenvalue weighted by molar-refractivity contribution is 6.14. The van der Waals surface area contributed by atoms with Crippen LogP contribution in [0.15, 0.2) is 128 Å². The van der Waals surface area contributed by atoms with Crippen molar-refractivity contribution in [2.75, 3.05) is 0 Å². The summed E-state index contributed by atoms with van der Waals surface area (Å²) in [6, 6.07) is 36.9. The molecule has 0 N–H and O–H groups in total. The first-order valence-corrected chi connectivity index (χ1v) is 13.4. The van der Waals surface area contributed by atoms with E-state index in [0.29, 0.717) is 0 Å². The average Bonchev–Trinajstić information content (AvgIpc) is 3.55. The summed E-state index contributed by atoms with van der Waals surface area (Å²) in [5.41, 5.74) is 9.15. The first-order valence-electron chi connectivity index (χ1n) is 13.4. The van der Waals surface area contributed by atoms with Gasteiger partial charge in [-0.25, -0.2) is 0 Å². The van der Waals surface area contributed by atoms with Crippen LogP contribution in [0.5, 0.6) is 0 Å². The van der Waals surface area contributed by atoms with Gasteiger partial charge in [0.2, 0.25) is 0 Å². The second-order valence-corrected chi connectivity index (χ2v) is 10.2. The van der Waals surface area contributed by atoms with Gasteiger partial charge in [0.1, 0.15) is 0 Å². The van der Waals surface area contributed by atoms with E-state index in [9.17, 15) is 0 Å². The highest BCUT2D eigenvalue weighted by atomic mass is 15.0. The Morgan fingerprint density at radius 1 is 0.625 bits per heavy atom. The summed E-state index contributed by atoms with van der Waals surface area (Å²) < 4.78 is 4.74. The zero-order chi connectivity index (χ0) is 26.8. The molecule has 4 aromatic carbocycles. The molecule has 3 nitrogen and oxygen atoms in total. The summed E-state index contributed by atoms with van der Waals surface area (Å²) >= 11 is 0. The lowest BCUT2D eigenvalue weighted by atomic mass is 10.1. The second kappa shape index (κ2) is 8.55. The van der Waals surface area contributed by atoms with Crippen molar-refractivity contribution in [3.8, 4) is 16.8 Å². The Hall–Kier alpha value is -5.41. The number of nitrogens with zero attached hydrogens (tertiary/aromatic N) is 3. The standard InChI is InChI=1S/C37H25N3/c1-3-10-29-24(2)35-20-26-11-4-6-16-33(26)40(35)37-22-32-30-15-5-7-17-34(30)39(36(32)21-31(29)37)28-14-8-12-25(19-28)27-13-9-18-38-23-27/h3-23H,1-2H2/b29-10+. The summed E-state index contributed by atoms with van der Waals surface area (Å²) in [4.78, 5) is 4.34. The number of pyridine rings is 2. The molecule has 4 aromatic heterocycles. The summed E-state index contributed by atoms with van der Waals surface area (Å²) in [5, 5.41) is 6.91. The molecule has 3 heteroatoms. The lowest BCUT2D eigenvalue weighted by Crippen LogP contribution is -2.26. The quantitative estimate of drug-likeness (QED) is 0.237. The van der Waals surface area contributed by atoms with Gasteiger partial charge in [-0.1, -0.05) is 79.9 Å². The molecule has 188 valence electrons. The fourth-order valence-electron chi connectivity index (χ4n) is 6.29. The van der Waals surface area contributed by atoms with Gasteiger partial charge < -0.3 is 8.97 Å². The Bertz CT molecular complexity index is 2410. The van der Waals surface area contributed by atoms with E-state index in [0.717, 1.165) is 49.2 Å². The number of hydrogen-bond acceptors (Lipinski definition) is 1. The summed E-state index contributed by atoms with van der Waals surface area (Å²) in [7, 11) is 0. The van der Waals surface area contributed by atoms with Gasteiger partial charge in [-0.3, -0.25) is 4.98 Å². The zero-order valence-electron chi connectivity index (χ0n) is 21.9. The number of benzene rings is 4. The Kier molecular flexibility index (Phi) is 4.82. The zero-order valence-corrected chi connectivity index (χ0v) is 21.9. The molecule has 0 amide bonds. The molecule has 0 atom stereocenters. The van der Waals surface area contributed by atoms with Crippen LogP contribution in [-0.2, 0) is 0 Å². The number of allylic oxidation sites excluding steroid dienone is 1. The molecule has 0 spiro atoms. The van der Waals surface area contributed by atoms with Crippen LogP contribution in [0.25, 0.3) is 78.6 Å². The van der Waals surface area contributed by atoms with Crippen molar-refractivity contribution in [2.24, 2.45) is 0 Å². The minimum atomic E-state index is 1.00. The van der Waals surface area contributed by atoms with E-state index in [1.165, 1.54) is 27.2 Å². The number of rotatable bonds is 3. The van der Waals surface area contributed by atoms with Crippen molar-refractivity contribution < 1.29 is 0 Å². The Morgan fingerprint density at radius 3 is 2.27 bits per heavy atom. The van der Waals surface area contributed by atoms with E-state index < -0.39 is 0 Å². The topological polar surface area (TPSA) is 22.2 Å². The van der Waals surface area contributed by atoms with Gasteiger partial charge in [0, 0.05) is 45.2 Å². The van der Waals surface area contributed by atoms with Crippen LogP contribution in [0, 0.1) is 0 Å². The van der Waals surface area contributed by atoms with Crippen molar-refractivity contribution in [1.29, 1.82) is 0 Å². The minimum absolute atomic E-state index is 1.00. The van der Waals surface area contributed by atoms with Gasteiger partial charge in [0.15, 0.2) is 0 Å². The van der Waals surface area contributed by atoms with Crippen LogP contribution < -0.4 is 10.4 Å². The smallest absolute Gasteiger partial charge is 0.0548 e. The average molecular weight is 512 g/mol. The lowest BCUT2D eigenvalue weighted by molar-refractivity contribution is 1.18. The summed E-state index contributed by atoms with van der Waals surface area (Å²) in [5.74, 6) is 0. The van der Waals surface area contributed by atoms with Gasteiger partial charge in [-0.05, 0) is 64.5 Å². The largest absolute Gasteiger partial charge is 0.309 e. The van der Waals surface area contributed by atoms with Gasteiger partial charge >= 0.3 is 0 Å². The number of aromatic nitrogens is 3. The summed E-state index contributed by atoms with van der Waals surface area (Å²) in [6.07, 6.45) is 7.67. The Morgan fingerprint density at radius 2 is 1.43 bits per heavy atom. The van der Waals surface area contributed by atoms with E-state index in [1.807, 2.05) is 24.5 Å². The van der Waals surface area contributed by atoms with Crippen molar-refractivity contribution >= 4 is 61.8 Å². The maximum Gasteiger partial charge on any atom is 0.0548 e. The van der Waals surface area contributed by atoms with Crippen LogP contribution in [0.3, 0.4) is 0 Å².